The molecular weight excluding hydrogens is 511 g/mol. The number of carboxylic acids is 1. The molecule has 0 aliphatic carbocycles. The zero-order valence-corrected chi connectivity index (χ0v) is 20.4. The number of aromatic nitrogens is 2. The molecule has 5 aromatic rings. The number of nitrogens with zero attached hydrogens (tertiary/aromatic N) is 3. The van der Waals surface area contributed by atoms with Crippen LogP contribution in [-0.2, 0) is 11.0 Å². The van der Waals surface area contributed by atoms with Crippen molar-refractivity contribution < 1.29 is 27.8 Å². The molecule has 10 heteroatoms. The molecule has 5 rings (SSSR count). The highest BCUT2D eigenvalue weighted by Gasteiger charge is 2.31. The van der Waals surface area contributed by atoms with Crippen molar-refractivity contribution in [3.63, 3.8) is 0 Å². The van der Waals surface area contributed by atoms with Crippen LogP contribution in [0.2, 0.25) is 0 Å². The van der Waals surface area contributed by atoms with Gasteiger partial charge in [-0.25, -0.2) is 9.78 Å². The van der Waals surface area contributed by atoms with Crippen LogP contribution >= 0.6 is 0 Å². The van der Waals surface area contributed by atoms with Crippen molar-refractivity contribution >= 4 is 33.9 Å². The SMILES string of the molecule is C[C@H](Oc1ccc2ccccc2c1C=Nn1c(-c2cccc(C(F)(F)F)c2)nc2ccccc2c1=O)C(=O)O. The second-order valence-electron chi connectivity index (χ2n) is 8.69. The highest BCUT2D eigenvalue weighted by Crippen LogP contribution is 2.32. The maximum absolute atomic E-state index is 13.5. The van der Waals surface area contributed by atoms with Gasteiger partial charge in [-0.05, 0) is 48.0 Å². The number of ether oxygens (including phenoxy) is 1. The Labute approximate surface area is 219 Å². The fourth-order valence-electron chi connectivity index (χ4n) is 4.12. The Morgan fingerprint density at radius 1 is 1.00 bits per heavy atom. The van der Waals surface area contributed by atoms with Crippen LogP contribution in [0.15, 0.2) is 94.8 Å². The lowest BCUT2D eigenvalue weighted by Crippen LogP contribution is -2.23. The van der Waals surface area contributed by atoms with Crippen LogP contribution in [0.1, 0.15) is 18.1 Å². The first-order valence-corrected chi connectivity index (χ1v) is 11.8. The molecule has 0 amide bonds. The van der Waals surface area contributed by atoms with Gasteiger partial charge in [0.05, 0.1) is 22.7 Å². The molecule has 1 heterocycles. The first kappa shape index (κ1) is 25.7. The van der Waals surface area contributed by atoms with E-state index in [2.05, 4.69) is 10.1 Å². The summed E-state index contributed by atoms with van der Waals surface area (Å²) in [7, 11) is 0. The Morgan fingerprint density at radius 2 is 1.72 bits per heavy atom. The summed E-state index contributed by atoms with van der Waals surface area (Å²) >= 11 is 0. The summed E-state index contributed by atoms with van der Waals surface area (Å²) in [6.45, 7) is 1.38. The Balaban J connectivity index is 1.74. The molecule has 0 saturated carbocycles. The number of rotatable bonds is 6. The topological polar surface area (TPSA) is 93.8 Å². The smallest absolute Gasteiger partial charge is 0.416 e. The van der Waals surface area contributed by atoms with Crippen molar-refractivity contribution in [2.45, 2.75) is 19.2 Å². The molecule has 1 atom stereocenters. The molecule has 0 bridgehead atoms. The fourth-order valence-corrected chi connectivity index (χ4v) is 4.12. The van der Waals surface area contributed by atoms with Crippen molar-refractivity contribution in [2.24, 2.45) is 5.10 Å². The van der Waals surface area contributed by atoms with Crippen LogP contribution in [0.4, 0.5) is 13.2 Å². The second kappa shape index (κ2) is 10.1. The van der Waals surface area contributed by atoms with E-state index in [1.807, 2.05) is 12.1 Å². The zero-order chi connectivity index (χ0) is 27.7. The lowest BCUT2D eigenvalue weighted by atomic mass is 10.0. The molecule has 0 spiro atoms. The molecule has 1 aromatic heterocycles. The molecule has 0 aliphatic rings. The van der Waals surface area contributed by atoms with Gasteiger partial charge in [0.25, 0.3) is 5.56 Å². The average Bonchev–Trinajstić information content (AvgIpc) is 2.92. The summed E-state index contributed by atoms with van der Waals surface area (Å²) in [5, 5.41) is 15.4. The van der Waals surface area contributed by atoms with Crippen molar-refractivity contribution in [2.75, 3.05) is 0 Å². The lowest BCUT2D eigenvalue weighted by Gasteiger charge is -2.15. The largest absolute Gasteiger partial charge is 0.479 e. The Morgan fingerprint density at radius 3 is 2.46 bits per heavy atom. The Bertz CT molecular complexity index is 1810. The number of hydrogen-bond donors (Lipinski definition) is 1. The summed E-state index contributed by atoms with van der Waals surface area (Å²) in [5.41, 5.74) is -0.767. The number of para-hydroxylation sites is 1. The van der Waals surface area contributed by atoms with E-state index in [4.69, 9.17) is 4.74 Å². The van der Waals surface area contributed by atoms with Crippen molar-refractivity contribution in [1.29, 1.82) is 0 Å². The van der Waals surface area contributed by atoms with Crippen LogP contribution in [0, 0.1) is 0 Å². The summed E-state index contributed by atoms with van der Waals surface area (Å²) < 4.78 is 47.0. The quantitative estimate of drug-likeness (QED) is 0.273. The molecule has 0 unspecified atom stereocenters. The van der Waals surface area contributed by atoms with Gasteiger partial charge >= 0.3 is 12.1 Å². The van der Waals surface area contributed by atoms with Crippen molar-refractivity contribution in [3.8, 4) is 17.1 Å². The van der Waals surface area contributed by atoms with Gasteiger partial charge in [0.15, 0.2) is 11.9 Å². The van der Waals surface area contributed by atoms with Crippen molar-refractivity contribution in [1.82, 2.24) is 9.66 Å². The number of carboxylic acid groups (broad SMARTS) is 1. The minimum atomic E-state index is -4.60. The molecule has 0 fully saturated rings. The summed E-state index contributed by atoms with van der Waals surface area (Å²) in [5.74, 6) is -1.06. The molecular formula is C29H20F3N3O4. The number of fused-ring (bicyclic) bond motifs is 2. The number of alkyl halides is 3. The maximum atomic E-state index is 13.5. The van der Waals surface area contributed by atoms with Gasteiger partial charge in [-0.15, -0.1) is 0 Å². The standard InChI is InChI=1S/C29H20F3N3O4/c1-17(28(37)38)39-25-14-13-18-7-2-3-10-21(18)23(25)16-33-35-26(19-8-6-9-20(15-19)29(30,31)32)34-24-12-5-4-11-22(24)27(35)36/h2-17H,1H3,(H,37,38)/t17-/m0/s1. The van der Waals surface area contributed by atoms with E-state index in [0.717, 1.165) is 22.2 Å². The van der Waals surface area contributed by atoms with Gasteiger partial charge in [0, 0.05) is 11.1 Å². The highest BCUT2D eigenvalue weighted by molar-refractivity contribution is 6.02. The number of benzene rings is 4. The fraction of sp³-hybridized carbons (Fsp3) is 0.103. The van der Waals surface area contributed by atoms with E-state index < -0.39 is 29.4 Å². The van der Waals surface area contributed by atoms with Gasteiger partial charge in [-0.3, -0.25) is 4.79 Å². The summed E-state index contributed by atoms with van der Waals surface area (Å²) in [6.07, 6.45) is -4.46. The average molecular weight is 531 g/mol. The van der Waals surface area contributed by atoms with Crippen molar-refractivity contribution in [3.05, 3.63) is 106 Å². The molecule has 196 valence electrons. The molecule has 0 radical (unpaired) electrons. The van der Waals surface area contributed by atoms with Crippen LogP contribution in [0.5, 0.6) is 5.75 Å². The third-order valence-corrected chi connectivity index (χ3v) is 6.09. The number of hydrogen-bond acceptors (Lipinski definition) is 5. The van der Waals surface area contributed by atoms with Crippen LogP contribution < -0.4 is 10.3 Å². The Kier molecular flexibility index (Phi) is 6.61. The summed E-state index contributed by atoms with van der Waals surface area (Å²) in [4.78, 5) is 29.4. The minimum absolute atomic E-state index is 0.0405. The maximum Gasteiger partial charge on any atom is 0.416 e. The van der Waals surface area contributed by atoms with E-state index in [-0.39, 0.29) is 22.5 Å². The molecule has 0 aliphatic heterocycles. The van der Waals surface area contributed by atoms with Crippen LogP contribution in [0.3, 0.4) is 0 Å². The number of aliphatic carboxylic acids is 1. The van der Waals surface area contributed by atoms with Gasteiger partial charge in [0.2, 0.25) is 0 Å². The number of halogens is 3. The van der Waals surface area contributed by atoms with E-state index in [1.54, 1.807) is 48.5 Å². The lowest BCUT2D eigenvalue weighted by molar-refractivity contribution is -0.144. The first-order chi connectivity index (χ1) is 18.6. The molecule has 0 saturated heterocycles. The van der Waals surface area contributed by atoms with Crippen LogP contribution in [-0.4, -0.2) is 33.1 Å². The van der Waals surface area contributed by atoms with Gasteiger partial charge in [0.1, 0.15) is 5.75 Å². The number of carbonyl (C=O) groups is 1. The molecule has 7 nitrogen and oxygen atoms in total. The van der Waals surface area contributed by atoms with Crippen LogP contribution in [0.25, 0.3) is 33.1 Å². The second-order valence-corrected chi connectivity index (χ2v) is 8.69. The molecule has 39 heavy (non-hydrogen) atoms. The van der Waals surface area contributed by atoms with E-state index in [1.165, 1.54) is 25.3 Å². The Hall–Kier alpha value is -4.99. The van der Waals surface area contributed by atoms with Gasteiger partial charge < -0.3 is 9.84 Å². The van der Waals surface area contributed by atoms with Gasteiger partial charge in [-0.2, -0.15) is 22.9 Å². The van der Waals surface area contributed by atoms with E-state index in [0.29, 0.717) is 16.5 Å². The third kappa shape index (κ3) is 5.08. The monoisotopic (exact) mass is 531 g/mol. The van der Waals surface area contributed by atoms with E-state index in [9.17, 15) is 27.9 Å². The normalized spacial score (nSPS) is 12.7. The predicted octanol–water partition coefficient (Wildman–Crippen LogP) is 5.97. The first-order valence-electron chi connectivity index (χ1n) is 11.8. The van der Waals surface area contributed by atoms with Gasteiger partial charge in [-0.1, -0.05) is 54.6 Å². The molecule has 1 N–H and O–H groups in total. The summed E-state index contributed by atoms with van der Waals surface area (Å²) in [6, 6.07) is 21.5. The van der Waals surface area contributed by atoms with E-state index >= 15 is 0 Å². The predicted molar refractivity (Wildman–Crippen MR) is 141 cm³/mol. The highest BCUT2D eigenvalue weighted by atomic mass is 19.4. The zero-order valence-electron chi connectivity index (χ0n) is 20.4. The minimum Gasteiger partial charge on any atom is -0.479 e. The molecule has 4 aromatic carbocycles. The third-order valence-electron chi connectivity index (χ3n) is 6.09.